The normalized spacial score (nSPS) is 15.3. The fourth-order valence-corrected chi connectivity index (χ4v) is 6.13. The Morgan fingerprint density at radius 3 is 1.69 bits per heavy atom. The smallest absolute Gasteiger partial charge is 0.268 e. The molecule has 3 atom stereocenters. The third-order valence-corrected chi connectivity index (χ3v) is 9.78. The Morgan fingerprint density at radius 2 is 1.13 bits per heavy atom. The van der Waals surface area contributed by atoms with Crippen LogP contribution in [0.1, 0.15) is 149 Å². The van der Waals surface area contributed by atoms with Gasteiger partial charge >= 0.3 is 0 Å². The van der Waals surface area contributed by atoms with Crippen LogP contribution in [0.5, 0.6) is 0 Å². The van der Waals surface area contributed by atoms with Crippen molar-refractivity contribution in [1.82, 2.24) is 5.32 Å². The fraction of sp³-hybridized carbons (Fsp3) is 0.674. The summed E-state index contributed by atoms with van der Waals surface area (Å²) in [5.74, 6) is -0.257. The van der Waals surface area contributed by atoms with Crippen LogP contribution in [-0.2, 0) is 18.4 Å². The Kier molecular flexibility index (Phi) is 35.7. The summed E-state index contributed by atoms with van der Waals surface area (Å²) in [6, 6.07) is -0.935. The first-order valence-electron chi connectivity index (χ1n) is 21.4. The number of allylic oxidation sites excluding steroid dienone is 13. The van der Waals surface area contributed by atoms with Crippen molar-refractivity contribution in [2.45, 2.75) is 161 Å². The van der Waals surface area contributed by atoms with E-state index in [2.05, 4.69) is 92.1 Å². The molecule has 0 saturated heterocycles. The molecule has 0 aliphatic rings. The molecule has 0 aromatic rings. The lowest BCUT2D eigenvalue weighted by Crippen LogP contribution is -2.45. The number of phosphoric acid groups is 1. The Morgan fingerprint density at radius 1 is 0.655 bits per heavy atom. The largest absolute Gasteiger partial charge is 0.756 e. The number of aliphatic hydroxyl groups is 1. The van der Waals surface area contributed by atoms with Crippen LogP contribution in [0.25, 0.3) is 0 Å². The summed E-state index contributed by atoms with van der Waals surface area (Å²) in [5, 5.41) is 13.7. The molecule has 0 rings (SSSR count). The quantitative estimate of drug-likeness (QED) is 0.0281. The van der Waals surface area contributed by atoms with Gasteiger partial charge in [-0.1, -0.05) is 144 Å². The molecule has 1 amide bonds. The molecular weight excluding hydrogens is 707 g/mol. The highest BCUT2D eigenvalue weighted by Crippen LogP contribution is 2.38. The molecule has 0 aliphatic heterocycles. The number of phosphoric ester groups is 1. The summed E-state index contributed by atoms with van der Waals surface area (Å²) < 4.78 is 23.1. The summed E-state index contributed by atoms with van der Waals surface area (Å²) in [7, 11) is 1.19. The first-order chi connectivity index (χ1) is 26.5. The van der Waals surface area contributed by atoms with Crippen LogP contribution in [0.4, 0.5) is 0 Å². The molecule has 0 aromatic heterocycles. The van der Waals surface area contributed by atoms with E-state index in [0.29, 0.717) is 17.4 Å². The van der Waals surface area contributed by atoms with Crippen molar-refractivity contribution in [1.29, 1.82) is 0 Å². The van der Waals surface area contributed by atoms with Crippen LogP contribution in [0.3, 0.4) is 0 Å². The molecule has 0 aromatic carbocycles. The average Bonchev–Trinajstić information content (AvgIpc) is 3.13. The summed E-state index contributed by atoms with van der Waals surface area (Å²) in [4.78, 5) is 25.2. The van der Waals surface area contributed by atoms with Gasteiger partial charge in [0, 0.05) is 6.42 Å². The highest BCUT2D eigenvalue weighted by Gasteiger charge is 2.23. The maximum absolute atomic E-state index is 12.8. The Hall–Kier alpha value is -2.32. The Balaban J connectivity index is 4.63. The second-order valence-corrected chi connectivity index (χ2v) is 16.7. The number of unbranched alkanes of at least 4 members (excludes halogenated alkanes) is 12. The predicted molar refractivity (Wildman–Crippen MR) is 233 cm³/mol. The highest BCUT2D eigenvalue weighted by atomic mass is 31.2. The predicted octanol–water partition coefficient (Wildman–Crippen LogP) is 11.2. The van der Waals surface area contributed by atoms with E-state index in [0.717, 1.165) is 64.2 Å². The first-order valence-corrected chi connectivity index (χ1v) is 22.9. The van der Waals surface area contributed by atoms with Crippen molar-refractivity contribution in [3.05, 3.63) is 85.1 Å². The van der Waals surface area contributed by atoms with Gasteiger partial charge in [0.15, 0.2) is 0 Å². The molecule has 8 nitrogen and oxygen atoms in total. The topological polar surface area (TPSA) is 108 Å². The Labute approximate surface area is 337 Å². The number of carbonyl (C=O) groups excluding carboxylic acids is 1. The minimum atomic E-state index is -4.61. The maximum Gasteiger partial charge on any atom is 0.268 e. The third-order valence-electron chi connectivity index (χ3n) is 8.82. The van der Waals surface area contributed by atoms with Crippen LogP contribution < -0.4 is 10.2 Å². The van der Waals surface area contributed by atoms with E-state index >= 15 is 0 Å². The number of rotatable bonds is 37. The number of nitrogens with zero attached hydrogens (tertiary/aromatic N) is 1. The summed E-state index contributed by atoms with van der Waals surface area (Å²) >= 11 is 0. The van der Waals surface area contributed by atoms with Crippen molar-refractivity contribution in [3.63, 3.8) is 0 Å². The fourth-order valence-electron chi connectivity index (χ4n) is 5.41. The van der Waals surface area contributed by atoms with Gasteiger partial charge in [0.25, 0.3) is 7.82 Å². The molecule has 0 saturated carbocycles. The van der Waals surface area contributed by atoms with Gasteiger partial charge in [-0.25, -0.2) is 0 Å². The number of carbonyl (C=O) groups is 1. The van der Waals surface area contributed by atoms with E-state index in [1.54, 1.807) is 6.08 Å². The minimum Gasteiger partial charge on any atom is -0.756 e. The van der Waals surface area contributed by atoms with E-state index in [1.165, 1.54) is 57.8 Å². The molecule has 0 heterocycles. The molecule has 2 N–H and O–H groups in total. The van der Waals surface area contributed by atoms with Gasteiger partial charge in [-0.05, 0) is 83.5 Å². The summed E-state index contributed by atoms with van der Waals surface area (Å²) in [5.41, 5.74) is 0. The van der Waals surface area contributed by atoms with Crippen LogP contribution in [0.15, 0.2) is 85.1 Å². The molecule has 0 aliphatic carbocycles. The third kappa shape index (κ3) is 39.7. The van der Waals surface area contributed by atoms with E-state index in [1.807, 2.05) is 27.2 Å². The zero-order valence-electron chi connectivity index (χ0n) is 35.6. The van der Waals surface area contributed by atoms with Crippen molar-refractivity contribution in [2.24, 2.45) is 0 Å². The number of quaternary nitrogens is 1. The molecule has 0 fully saturated rings. The standard InChI is InChI=1S/C46H81N2O6P/c1-6-8-10-12-14-16-18-20-22-23-24-26-27-29-31-33-35-37-39-45(49)44(43-54-55(51,52)53-42-41-48(3,4)5)47-46(50)40-38-36-34-32-30-28-25-21-19-17-15-13-11-9-7-2/h9,11,15,17,21,23-25,29-32,37,39,44-45,49H,6-8,10,12-14,16,18-20,22,26-28,33-36,38,40-43H2,1-5H3,(H-,47,50,51,52)/b11-9-,17-15-,24-23+,25-21-,31-29+,32-30-,39-37+. The van der Waals surface area contributed by atoms with Crippen molar-refractivity contribution < 1.29 is 32.9 Å². The SMILES string of the molecule is CC/C=C\C/C=C\C/C=C\C/C=C\CCCCC(=O)NC(COP(=O)([O-])OCC[N+](C)(C)C)C(O)/C=C/CC/C=C/CC/C=C/CCCCCCCCCC. The van der Waals surface area contributed by atoms with Crippen molar-refractivity contribution >= 4 is 13.7 Å². The van der Waals surface area contributed by atoms with Crippen LogP contribution in [0, 0.1) is 0 Å². The number of nitrogens with one attached hydrogen (secondary N) is 1. The Bertz CT molecular complexity index is 1170. The summed E-state index contributed by atoms with van der Waals surface area (Å²) in [6.07, 6.45) is 50.7. The molecule has 0 spiro atoms. The number of amides is 1. The second-order valence-electron chi connectivity index (χ2n) is 15.3. The van der Waals surface area contributed by atoms with Gasteiger partial charge in [0.2, 0.25) is 5.91 Å². The van der Waals surface area contributed by atoms with E-state index in [9.17, 15) is 19.4 Å². The van der Waals surface area contributed by atoms with Gasteiger partial charge in [0.1, 0.15) is 13.2 Å². The maximum atomic E-state index is 12.8. The van der Waals surface area contributed by atoms with Gasteiger partial charge < -0.3 is 28.8 Å². The van der Waals surface area contributed by atoms with Gasteiger partial charge in [0.05, 0.1) is 39.9 Å². The van der Waals surface area contributed by atoms with E-state index < -0.39 is 26.6 Å². The molecule has 316 valence electrons. The monoisotopic (exact) mass is 789 g/mol. The number of hydrogen-bond acceptors (Lipinski definition) is 6. The van der Waals surface area contributed by atoms with Crippen molar-refractivity contribution in [3.8, 4) is 0 Å². The second kappa shape index (κ2) is 37.3. The molecule has 55 heavy (non-hydrogen) atoms. The number of likely N-dealkylation sites (N-methyl/N-ethyl adjacent to an activating group) is 1. The van der Waals surface area contributed by atoms with E-state index in [-0.39, 0.29) is 18.9 Å². The van der Waals surface area contributed by atoms with Crippen LogP contribution >= 0.6 is 7.82 Å². The molecule has 9 heteroatoms. The molecular formula is C46H81N2O6P. The van der Waals surface area contributed by atoms with E-state index in [4.69, 9.17) is 9.05 Å². The minimum absolute atomic E-state index is 0.0217. The van der Waals surface area contributed by atoms with Gasteiger partial charge in [-0.3, -0.25) is 9.36 Å². The number of aliphatic hydroxyl groups excluding tert-OH is 1. The molecule has 0 bridgehead atoms. The lowest BCUT2D eigenvalue weighted by molar-refractivity contribution is -0.870. The first kappa shape index (κ1) is 52.7. The lowest BCUT2D eigenvalue weighted by atomic mass is 10.1. The average molecular weight is 789 g/mol. The zero-order chi connectivity index (χ0) is 40.7. The number of hydrogen-bond donors (Lipinski definition) is 2. The summed E-state index contributed by atoms with van der Waals surface area (Å²) in [6.45, 7) is 4.43. The van der Waals surface area contributed by atoms with Crippen LogP contribution in [-0.4, -0.2) is 68.5 Å². The van der Waals surface area contributed by atoms with Crippen molar-refractivity contribution in [2.75, 3.05) is 40.9 Å². The zero-order valence-corrected chi connectivity index (χ0v) is 36.5. The highest BCUT2D eigenvalue weighted by molar-refractivity contribution is 7.45. The molecule has 0 radical (unpaired) electrons. The van der Waals surface area contributed by atoms with Crippen LogP contribution in [0.2, 0.25) is 0 Å². The van der Waals surface area contributed by atoms with Gasteiger partial charge in [-0.15, -0.1) is 0 Å². The molecule has 3 unspecified atom stereocenters. The lowest BCUT2D eigenvalue weighted by Gasteiger charge is -2.29. The van der Waals surface area contributed by atoms with Gasteiger partial charge in [-0.2, -0.15) is 0 Å².